The van der Waals surface area contributed by atoms with Crippen molar-refractivity contribution in [2.75, 3.05) is 20.2 Å². The number of halogens is 1. The fourth-order valence-electron chi connectivity index (χ4n) is 2.85. The molecule has 0 aliphatic carbocycles. The molecule has 3 nitrogen and oxygen atoms in total. The summed E-state index contributed by atoms with van der Waals surface area (Å²) in [6, 6.07) is 24.0. The van der Waals surface area contributed by atoms with Gasteiger partial charge in [0, 0.05) is 21.4 Å². The van der Waals surface area contributed by atoms with Crippen LogP contribution < -0.4 is 10.1 Å². The largest absolute Gasteiger partial charge is 0.497 e. The Hall–Kier alpha value is -1.98. The van der Waals surface area contributed by atoms with Crippen LogP contribution in [0.1, 0.15) is 17.2 Å². The lowest BCUT2D eigenvalue weighted by atomic mass is 10.1. The minimum atomic E-state index is -0.560. The van der Waals surface area contributed by atoms with Crippen molar-refractivity contribution < 1.29 is 9.84 Å². The summed E-state index contributed by atoms with van der Waals surface area (Å²) in [5.74, 6) is 0.865. The Bertz CT molecular complexity index is 886. The smallest absolute Gasteiger partial charge is 0.118 e. The van der Waals surface area contributed by atoms with Gasteiger partial charge in [-0.1, -0.05) is 47.6 Å². The molecule has 0 radical (unpaired) electrons. The van der Waals surface area contributed by atoms with E-state index in [0.29, 0.717) is 11.6 Å². The van der Waals surface area contributed by atoms with Gasteiger partial charge in [-0.05, 0) is 72.6 Å². The summed E-state index contributed by atoms with van der Waals surface area (Å²) < 4.78 is 5.20. The first-order valence-electron chi connectivity index (χ1n) is 9.19. The zero-order valence-corrected chi connectivity index (χ0v) is 17.3. The third-order valence-electron chi connectivity index (χ3n) is 4.36. The minimum Gasteiger partial charge on any atom is -0.497 e. The van der Waals surface area contributed by atoms with Crippen LogP contribution >= 0.6 is 23.4 Å². The van der Waals surface area contributed by atoms with E-state index in [-0.39, 0.29) is 0 Å². The maximum absolute atomic E-state index is 10.3. The van der Waals surface area contributed by atoms with Crippen molar-refractivity contribution in [3.05, 3.63) is 88.9 Å². The molecule has 0 bridgehead atoms. The van der Waals surface area contributed by atoms with Gasteiger partial charge < -0.3 is 15.2 Å². The predicted molar refractivity (Wildman–Crippen MR) is 117 cm³/mol. The molecule has 3 aromatic rings. The lowest BCUT2D eigenvalue weighted by Gasteiger charge is -2.13. The van der Waals surface area contributed by atoms with E-state index in [1.54, 1.807) is 24.9 Å². The highest BCUT2D eigenvalue weighted by atomic mass is 35.5. The number of hydrogen-bond acceptors (Lipinski definition) is 4. The molecule has 1 atom stereocenters. The Labute approximate surface area is 175 Å². The van der Waals surface area contributed by atoms with Gasteiger partial charge in [-0.15, -0.1) is 0 Å². The van der Waals surface area contributed by atoms with Crippen LogP contribution in [0.2, 0.25) is 5.02 Å². The molecule has 0 fully saturated rings. The third kappa shape index (κ3) is 6.28. The standard InChI is InChI=1S/C23H24ClNO2S/c1-27-20-8-10-21(11-9-20)28-22-7-2-4-17(14-22)12-13-25-16-23(26)18-5-3-6-19(24)15-18/h2-11,14-15,23,25-26H,12-13,16H2,1H3/t23-/m0/s1. The van der Waals surface area contributed by atoms with E-state index in [4.69, 9.17) is 16.3 Å². The van der Waals surface area contributed by atoms with Gasteiger partial charge in [0.2, 0.25) is 0 Å². The highest BCUT2D eigenvalue weighted by Gasteiger charge is 2.07. The van der Waals surface area contributed by atoms with Crippen molar-refractivity contribution in [2.45, 2.75) is 22.3 Å². The van der Waals surface area contributed by atoms with E-state index >= 15 is 0 Å². The van der Waals surface area contributed by atoms with Crippen LogP contribution in [0.4, 0.5) is 0 Å². The Morgan fingerprint density at radius 3 is 2.54 bits per heavy atom. The molecule has 3 rings (SSSR count). The second kappa shape index (κ2) is 10.5. The SMILES string of the molecule is COc1ccc(Sc2cccc(CCNC[C@H](O)c3cccc(Cl)c3)c2)cc1. The first kappa shape index (κ1) is 20.7. The maximum atomic E-state index is 10.3. The first-order chi connectivity index (χ1) is 13.6. The molecule has 0 amide bonds. The van der Waals surface area contributed by atoms with Gasteiger partial charge in [0.05, 0.1) is 13.2 Å². The molecule has 0 saturated heterocycles. The van der Waals surface area contributed by atoms with Gasteiger partial charge in [-0.2, -0.15) is 0 Å². The van der Waals surface area contributed by atoms with Crippen molar-refractivity contribution in [1.82, 2.24) is 5.32 Å². The number of methoxy groups -OCH3 is 1. The van der Waals surface area contributed by atoms with Crippen molar-refractivity contribution in [2.24, 2.45) is 0 Å². The molecule has 0 saturated carbocycles. The summed E-state index contributed by atoms with van der Waals surface area (Å²) in [6.07, 6.45) is 0.342. The van der Waals surface area contributed by atoms with Crippen molar-refractivity contribution in [3.63, 3.8) is 0 Å². The van der Waals surface area contributed by atoms with Crippen molar-refractivity contribution >= 4 is 23.4 Å². The number of rotatable bonds is 9. The second-order valence-electron chi connectivity index (χ2n) is 6.45. The topological polar surface area (TPSA) is 41.5 Å². The van der Waals surface area contributed by atoms with E-state index in [1.807, 2.05) is 30.3 Å². The summed E-state index contributed by atoms with van der Waals surface area (Å²) >= 11 is 7.71. The van der Waals surface area contributed by atoms with Crippen molar-refractivity contribution in [3.8, 4) is 5.75 Å². The van der Waals surface area contributed by atoms with E-state index < -0.39 is 6.10 Å². The molecule has 0 aliphatic heterocycles. The molecule has 0 aliphatic rings. The number of aliphatic hydroxyl groups excluding tert-OH is 1. The zero-order valence-electron chi connectivity index (χ0n) is 15.8. The van der Waals surface area contributed by atoms with Crippen LogP contribution in [0.15, 0.2) is 82.6 Å². The molecule has 5 heteroatoms. The van der Waals surface area contributed by atoms with E-state index in [2.05, 4.69) is 41.7 Å². The average Bonchev–Trinajstić information content (AvgIpc) is 2.72. The van der Waals surface area contributed by atoms with Gasteiger partial charge in [0.25, 0.3) is 0 Å². The van der Waals surface area contributed by atoms with Crippen LogP contribution in [0, 0.1) is 0 Å². The Morgan fingerprint density at radius 1 is 1.00 bits per heavy atom. The lowest BCUT2D eigenvalue weighted by Crippen LogP contribution is -2.23. The number of ether oxygens (including phenoxy) is 1. The molecule has 0 spiro atoms. The molecule has 0 heterocycles. The van der Waals surface area contributed by atoms with Crippen molar-refractivity contribution in [1.29, 1.82) is 0 Å². The van der Waals surface area contributed by atoms with Gasteiger partial charge in [-0.3, -0.25) is 0 Å². The minimum absolute atomic E-state index is 0.501. The van der Waals surface area contributed by atoms with Crippen LogP contribution in [0.3, 0.4) is 0 Å². The van der Waals surface area contributed by atoms with Gasteiger partial charge in [0.1, 0.15) is 5.75 Å². The Balaban J connectivity index is 1.47. The summed E-state index contributed by atoms with van der Waals surface area (Å²) in [6.45, 7) is 1.30. The fourth-order valence-corrected chi connectivity index (χ4v) is 3.95. The maximum Gasteiger partial charge on any atom is 0.118 e. The second-order valence-corrected chi connectivity index (χ2v) is 8.03. The van der Waals surface area contributed by atoms with Gasteiger partial charge >= 0.3 is 0 Å². The van der Waals surface area contributed by atoms with E-state index in [0.717, 1.165) is 24.3 Å². The molecule has 28 heavy (non-hydrogen) atoms. The van der Waals surface area contributed by atoms with E-state index in [9.17, 15) is 5.11 Å². The highest BCUT2D eigenvalue weighted by Crippen LogP contribution is 2.29. The summed E-state index contributed by atoms with van der Waals surface area (Å²) in [4.78, 5) is 2.39. The summed E-state index contributed by atoms with van der Waals surface area (Å²) in [5, 5.41) is 14.2. The monoisotopic (exact) mass is 413 g/mol. The summed E-state index contributed by atoms with van der Waals surface area (Å²) in [5.41, 5.74) is 2.10. The van der Waals surface area contributed by atoms with Crippen LogP contribution in [-0.2, 0) is 6.42 Å². The van der Waals surface area contributed by atoms with Gasteiger partial charge in [0.15, 0.2) is 0 Å². The molecular weight excluding hydrogens is 390 g/mol. The van der Waals surface area contributed by atoms with Gasteiger partial charge in [-0.25, -0.2) is 0 Å². The number of benzene rings is 3. The molecule has 2 N–H and O–H groups in total. The zero-order chi connectivity index (χ0) is 19.8. The predicted octanol–water partition coefficient (Wildman–Crippen LogP) is 5.37. The number of hydrogen-bond donors (Lipinski definition) is 2. The van der Waals surface area contributed by atoms with Crippen LogP contribution in [0.5, 0.6) is 5.75 Å². The molecular formula is C23H24ClNO2S. The molecule has 3 aromatic carbocycles. The van der Waals surface area contributed by atoms with Crippen LogP contribution in [-0.4, -0.2) is 25.3 Å². The molecule has 0 aromatic heterocycles. The Kier molecular flexibility index (Phi) is 7.80. The first-order valence-corrected chi connectivity index (χ1v) is 10.4. The molecule has 0 unspecified atom stereocenters. The van der Waals surface area contributed by atoms with Crippen LogP contribution in [0.25, 0.3) is 0 Å². The fraction of sp³-hybridized carbons (Fsp3) is 0.217. The average molecular weight is 414 g/mol. The lowest BCUT2D eigenvalue weighted by molar-refractivity contribution is 0.175. The summed E-state index contributed by atoms with van der Waals surface area (Å²) in [7, 11) is 1.67. The number of aliphatic hydroxyl groups is 1. The molecule has 146 valence electrons. The Morgan fingerprint density at radius 2 is 1.79 bits per heavy atom. The number of nitrogens with one attached hydrogen (secondary N) is 1. The third-order valence-corrected chi connectivity index (χ3v) is 5.59. The highest BCUT2D eigenvalue weighted by molar-refractivity contribution is 7.99. The normalized spacial score (nSPS) is 12.0. The quantitative estimate of drug-likeness (QED) is 0.463. The van der Waals surface area contributed by atoms with E-state index in [1.165, 1.54) is 15.4 Å².